The molecule has 1 rings (SSSR count). The lowest BCUT2D eigenvalue weighted by Crippen LogP contribution is -2.24. The molecule has 1 aromatic rings. The van der Waals surface area contributed by atoms with Crippen molar-refractivity contribution in [2.24, 2.45) is 5.92 Å². The fourth-order valence-electron chi connectivity index (χ4n) is 1.39. The summed E-state index contributed by atoms with van der Waals surface area (Å²) in [5.74, 6) is 0.237. The van der Waals surface area contributed by atoms with E-state index >= 15 is 0 Å². The maximum atomic E-state index is 11.7. The van der Waals surface area contributed by atoms with E-state index in [2.05, 4.69) is 29.8 Å². The molecule has 0 saturated heterocycles. The first-order chi connectivity index (χ1) is 9.38. The van der Waals surface area contributed by atoms with Crippen molar-refractivity contribution in [3.8, 4) is 0 Å². The summed E-state index contributed by atoms with van der Waals surface area (Å²) in [6.07, 6.45) is 1.69. The van der Waals surface area contributed by atoms with E-state index in [0.29, 0.717) is 17.3 Å². The average Bonchev–Trinajstić information content (AvgIpc) is 2.35. The molecule has 0 unspecified atom stereocenters. The van der Waals surface area contributed by atoms with Gasteiger partial charge in [0.2, 0.25) is 5.91 Å². The number of benzene rings is 1. The monoisotopic (exact) mass is 275 g/mol. The lowest BCUT2D eigenvalue weighted by Gasteiger charge is -2.09. The normalized spacial score (nSPS) is 11.2. The zero-order valence-corrected chi connectivity index (χ0v) is 12.3. The Kier molecular flexibility index (Phi) is 5.77. The Morgan fingerprint density at radius 1 is 1.10 bits per heavy atom. The first-order valence-corrected chi connectivity index (χ1v) is 6.50. The maximum absolute atomic E-state index is 11.7. The van der Waals surface area contributed by atoms with Crippen LogP contribution in [0.1, 0.15) is 27.7 Å². The minimum absolute atomic E-state index is 0.151. The van der Waals surface area contributed by atoms with E-state index in [0.717, 1.165) is 5.57 Å². The van der Waals surface area contributed by atoms with Gasteiger partial charge in [-0.25, -0.2) is 4.79 Å². The molecule has 5 nitrogen and oxygen atoms in total. The lowest BCUT2D eigenvalue weighted by atomic mass is 10.1. The van der Waals surface area contributed by atoms with Gasteiger partial charge in [-0.3, -0.25) is 4.79 Å². The van der Waals surface area contributed by atoms with E-state index < -0.39 is 0 Å². The minimum atomic E-state index is -0.315. The second kappa shape index (κ2) is 7.33. The van der Waals surface area contributed by atoms with Gasteiger partial charge in [0, 0.05) is 24.5 Å². The van der Waals surface area contributed by atoms with Crippen LogP contribution < -0.4 is 16.0 Å². The number of urea groups is 1. The van der Waals surface area contributed by atoms with Crippen LogP contribution in [-0.4, -0.2) is 11.9 Å². The van der Waals surface area contributed by atoms with E-state index in [9.17, 15) is 9.59 Å². The van der Waals surface area contributed by atoms with Crippen molar-refractivity contribution in [1.82, 2.24) is 5.32 Å². The number of rotatable bonds is 4. The molecule has 0 fully saturated rings. The molecule has 0 aliphatic rings. The lowest BCUT2D eigenvalue weighted by molar-refractivity contribution is -0.114. The summed E-state index contributed by atoms with van der Waals surface area (Å²) in [4.78, 5) is 22.7. The highest BCUT2D eigenvalue weighted by molar-refractivity contribution is 5.92. The van der Waals surface area contributed by atoms with Crippen LogP contribution >= 0.6 is 0 Å². The molecule has 0 atom stereocenters. The van der Waals surface area contributed by atoms with E-state index in [-0.39, 0.29) is 11.9 Å². The number of anilines is 2. The Morgan fingerprint density at radius 3 is 2.25 bits per heavy atom. The first-order valence-electron chi connectivity index (χ1n) is 6.50. The molecule has 20 heavy (non-hydrogen) atoms. The highest BCUT2D eigenvalue weighted by Gasteiger charge is 2.02. The largest absolute Gasteiger partial charge is 0.326 e. The predicted molar refractivity (Wildman–Crippen MR) is 81.5 cm³/mol. The predicted octanol–water partition coefficient (Wildman–Crippen LogP) is 3.33. The van der Waals surface area contributed by atoms with Crippen LogP contribution in [0, 0.1) is 5.92 Å². The summed E-state index contributed by atoms with van der Waals surface area (Å²) in [6, 6.07) is 6.65. The van der Waals surface area contributed by atoms with Crippen LogP contribution in [0.25, 0.3) is 0 Å². The molecule has 1 aromatic carbocycles. The van der Waals surface area contributed by atoms with Gasteiger partial charge in [-0.1, -0.05) is 25.5 Å². The van der Waals surface area contributed by atoms with Gasteiger partial charge in [0.1, 0.15) is 0 Å². The smallest absolute Gasteiger partial charge is 0.323 e. The summed E-state index contributed by atoms with van der Waals surface area (Å²) >= 11 is 0. The van der Waals surface area contributed by atoms with Crippen molar-refractivity contribution in [2.45, 2.75) is 27.7 Å². The SMILES string of the molecule is CC(=O)Nc1cccc(NC(=O)N/C=C(\C)C(C)C)c1. The van der Waals surface area contributed by atoms with Crippen LogP contribution in [0.5, 0.6) is 0 Å². The zero-order chi connectivity index (χ0) is 15.1. The molecule has 3 N–H and O–H groups in total. The van der Waals surface area contributed by atoms with Crippen LogP contribution in [0.2, 0.25) is 0 Å². The number of amides is 3. The van der Waals surface area contributed by atoms with Crippen molar-refractivity contribution in [2.75, 3.05) is 10.6 Å². The van der Waals surface area contributed by atoms with Crippen molar-refractivity contribution in [1.29, 1.82) is 0 Å². The van der Waals surface area contributed by atoms with Gasteiger partial charge in [-0.2, -0.15) is 0 Å². The first kappa shape index (κ1) is 15.8. The Labute approximate surface area is 119 Å². The van der Waals surface area contributed by atoms with Gasteiger partial charge in [0.25, 0.3) is 0 Å². The molecular formula is C15H21N3O2. The topological polar surface area (TPSA) is 70.2 Å². The molecule has 0 aliphatic carbocycles. The Balaban J connectivity index is 2.62. The van der Waals surface area contributed by atoms with Crippen molar-refractivity contribution < 1.29 is 9.59 Å². The van der Waals surface area contributed by atoms with Crippen LogP contribution in [0.3, 0.4) is 0 Å². The van der Waals surface area contributed by atoms with E-state index in [4.69, 9.17) is 0 Å². The molecule has 0 bridgehead atoms. The van der Waals surface area contributed by atoms with E-state index in [1.165, 1.54) is 6.92 Å². The van der Waals surface area contributed by atoms with Crippen molar-refractivity contribution in [3.63, 3.8) is 0 Å². The second-order valence-corrected chi connectivity index (χ2v) is 4.90. The number of allylic oxidation sites excluding steroid dienone is 1. The zero-order valence-electron chi connectivity index (χ0n) is 12.3. The standard InChI is InChI=1S/C15H21N3O2/c1-10(2)11(3)9-16-15(20)18-14-7-5-6-13(8-14)17-12(4)19/h5-10H,1-4H3,(H,17,19)(H2,16,18,20)/b11-9+. The summed E-state index contributed by atoms with van der Waals surface area (Å²) in [6.45, 7) is 7.51. The summed E-state index contributed by atoms with van der Waals surface area (Å²) in [7, 11) is 0. The molecule has 0 aliphatic heterocycles. The maximum Gasteiger partial charge on any atom is 0.323 e. The van der Waals surface area contributed by atoms with Gasteiger partial charge in [-0.15, -0.1) is 0 Å². The van der Waals surface area contributed by atoms with E-state index in [1.807, 2.05) is 6.92 Å². The molecular weight excluding hydrogens is 254 g/mol. The highest BCUT2D eigenvalue weighted by Crippen LogP contribution is 2.15. The summed E-state index contributed by atoms with van der Waals surface area (Å²) < 4.78 is 0. The third-order valence-electron chi connectivity index (χ3n) is 2.78. The van der Waals surface area contributed by atoms with Gasteiger partial charge in [0.05, 0.1) is 0 Å². The quantitative estimate of drug-likeness (QED) is 0.788. The fraction of sp³-hybridized carbons (Fsp3) is 0.333. The van der Waals surface area contributed by atoms with Crippen LogP contribution in [0.15, 0.2) is 36.0 Å². The third-order valence-corrected chi connectivity index (χ3v) is 2.78. The molecule has 108 valence electrons. The molecule has 0 saturated carbocycles. The number of carbonyl (C=O) groups is 2. The van der Waals surface area contributed by atoms with Crippen molar-refractivity contribution >= 4 is 23.3 Å². The number of nitrogens with one attached hydrogen (secondary N) is 3. The summed E-state index contributed by atoms with van der Waals surface area (Å²) in [5.41, 5.74) is 2.35. The molecule has 0 radical (unpaired) electrons. The van der Waals surface area contributed by atoms with Gasteiger partial charge >= 0.3 is 6.03 Å². The Bertz CT molecular complexity index is 522. The van der Waals surface area contributed by atoms with Gasteiger partial charge < -0.3 is 16.0 Å². The second-order valence-electron chi connectivity index (χ2n) is 4.90. The third kappa shape index (κ3) is 5.56. The fourth-order valence-corrected chi connectivity index (χ4v) is 1.39. The number of hydrogen-bond donors (Lipinski definition) is 3. The molecule has 0 aromatic heterocycles. The Morgan fingerprint density at radius 2 is 1.70 bits per heavy atom. The molecule has 0 spiro atoms. The van der Waals surface area contributed by atoms with Gasteiger partial charge in [-0.05, 0) is 31.0 Å². The van der Waals surface area contributed by atoms with E-state index in [1.54, 1.807) is 30.5 Å². The van der Waals surface area contributed by atoms with Gasteiger partial charge in [0.15, 0.2) is 0 Å². The summed E-state index contributed by atoms with van der Waals surface area (Å²) in [5, 5.41) is 8.04. The average molecular weight is 275 g/mol. The minimum Gasteiger partial charge on any atom is -0.326 e. The Hall–Kier alpha value is -2.30. The van der Waals surface area contributed by atoms with Crippen LogP contribution in [-0.2, 0) is 4.79 Å². The molecule has 0 heterocycles. The van der Waals surface area contributed by atoms with Crippen molar-refractivity contribution in [3.05, 3.63) is 36.0 Å². The number of hydrogen-bond acceptors (Lipinski definition) is 2. The molecule has 3 amide bonds. The highest BCUT2D eigenvalue weighted by atomic mass is 16.2. The number of carbonyl (C=O) groups excluding carboxylic acids is 2. The van der Waals surface area contributed by atoms with Crippen LogP contribution in [0.4, 0.5) is 16.2 Å². The molecule has 5 heteroatoms.